The summed E-state index contributed by atoms with van der Waals surface area (Å²) in [4.78, 5) is 58.7. The van der Waals surface area contributed by atoms with Crippen LogP contribution in [0.25, 0.3) is 38.4 Å². The van der Waals surface area contributed by atoms with Crippen molar-refractivity contribution in [3.8, 4) is 5.75 Å². The molecule has 0 saturated carbocycles. The zero-order valence-electron chi connectivity index (χ0n) is 64.9. The SMILES string of the molecule is CCN1C(=CC=C(C=CC2=[N+](CC)c3ccc4ccc(S(=O)(=O)[O-])cc4c3C2(C)C)CCC(=O)Nc2ccc(C(=O)[O-])cc2)C(C)(C)c2c1ccc1cc[c-]cc21.CC[N+]1=C(C)C(C)(C)c2c1ccc1ccc(S(=O)(=O)O)cc21.O=COc1ccc(/C=C/C(=C/Cc2ccc(C(=O)O)cc2)CCC(=O)O)cc1.O=S(=O)=O.[Na+].[Na+]. The Hall–Kier alpha value is -9.61. The van der Waals surface area contributed by atoms with Gasteiger partial charge in [-0.2, -0.15) is 41.8 Å². The second-order valence-corrected chi connectivity index (χ2v) is 31.2. The van der Waals surface area contributed by atoms with Crippen molar-refractivity contribution in [2.45, 2.75) is 127 Å². The number of rotatable bonds is 23. The predicted octanol–water partition coefficient (Wildman–Crippen LogP) is 8.53. The van der Waals surface area contributed by atoms with Gasteiger partial charge in [-0.25, -0.2) is 13.2 Å². The van der Waals surface area contributed by atoms with Gasteiger partial charge in [0.2, 0.25) is 17.3 Å². The van der Waals surface area contributed by atoms with Gasteiger partial charge >= 0.3 is 81.7 Å². The van der Waals surface area contributed by atoms with Crippen molar-refractivity contribution in [3.63, 3.8) is 0 Å². The standard InChI is InChI=1S/C47H47N3O6S.C22H20O6.C17H19NO3S.2Na.O3S/c1-7-49-38-24-19-31-11-9-10-12-36(31)43(38)46(3,4)40(49)26-13-30(15-28-42(51)48-34-21-16-33(17-22-34)45(52)53)14-27-41-47(5,6)44-37-29-35(57(54,55)56)23-18-32(37)20-25-39(44)50(41)8-2;23-15-28-20-12-7-18(8-13-20)4-2-16(9-14-21(24)25)1-3-17-5-10-19(11-6-17)22(26)27;1-5-18-11(2)17(3,4)16-14-10-13(22(19,20)21)8-6-12(14)7-9-15(16)18;;;1-4(2)3/h9,11-14,16-27,29H,7-8,15,28H2,1-6H3,(H,48,51)(H,52,53)(H,54,55,56);1-2,4-8,10-13,15H,3,9,14H2,(H,24,25)(H,26,27);6-10H,5H2,1-4H3;;;/q;;;2*+1;/p-1/b;4-2+,16-1-;;;;. The molecule has 0 spiro atoms. The summed E-state index contributed by atoms with van der Waals surface area (Å²) in [5.74, 6) is -2.91. The molecule has 4 N–H and O–H groups in total. The molecule has 3 aliphatic heterocycles. The molecule has 0 unspecified atom stereocenters. The first kappa shape index (κ1) is 90.6. The summed E-state index contributed by atoms with van der Waals surface area (Å²) in [6.45, 7) is 24.0. The van der Waals surface area contributed by atoms with E-state index in [1.54, 1.807) is 78.9 Å². The van der Waals surface area contributed by atoms with E-state index < -0.39 is 54.2 Å². The third-order valence-electron chi connectivity index (χ3n) is 20.2. The minimum atomic E-state index is -4.66. The number of allylic oxidation sites excluding steroid dienone is 9. The topological polar surface area (TPSA) is 342 Å². The van der Waals surface area contributed by atoms with Crippen LogP contribution in [-0.4, -0.2) is 119 Å². The van der Waals surface area contributed by atoms with Crippen LogP contribution in [0, 0.1) is 6.07 Å². The molecular weight excluding hydrogens is 1520 g/mol. The second kappa shape index (κ2) is 38.5. The normalized spacial score (nSPS) is 14.9. The van der Waals surface area contributed by atoms with Crippen LogP contribution >= 0.6 is 0 Å². The van der Waals surface area contributed by atoms with E-state index in [0.717, 1.165) is 96.5 Å². The average Bonchev–Trinajstić information content (AvgIpc) is 1.59. The first-order valence-corrected chi connectivity index (χ1v) is 39.4. The maximum atomic E-state index is 13.3. The molecule has 0 radical (unpaired) electrons. The van der Waals surface area contributed by atoms with E-state index in [2.05, 4.69) is 149 Å². The largest absolute Gasteiger partial charge is 1.00 e. The number of fused-ring (bicyclic) bond motifs is 9. The number of benzene rings is 9. The van der Waals surface area contributed by atoms with Gasteiger partial charge in [-0.3, -0.25) is 18.9 Å². The number of aromatic carboxylic acids is 2. The van der Waals surface area contributed by atoms with Gasteiger partial charge in [0.1, 0.15) is 29.0 Å². The Morgan fingerprint density at radius 2 is 1.17 bits per heavy atom. The summed E-state index contributed by atoms with van der Waals surface area (Å²) < 4.78 is 103. The van der Waals surface area contributed by atoms with E-state index in [4.69, 9.17) is 27.6 Å². The van der Waals surface area contributed by atoms with Gasteiger partial charge in [0.05, 0.1) is 32.2 Å². The quantitative estimate of drug-likeness (QED) is 0.0116. The smallest absolute Gasteiger partial charge is 0.744 e. The fraction of sp³-hybridized carbons (Fsp3) is 0.244. The molecule has 1 amide bonds. The number of hydrogen-bond acceptors (Lipinski definition) is 16. The summed E-state index contributed by atoms with van der Waals surface area (Å²) in [6.07, 6.45) is 15.5. The number of carbonyl (C=O) groups excluding carboxylic acids is 3. The predicted molar refractivity (Wildman–Crippen MR) is 425 cm³/mol. The molecule has 3 aliphatic rings. The molecule has 22 nitrogen and oxygen atoms in total. The molecule has 0 aliphatic carbocycles. The first-order chi connectivity index (χ1) is 52.4. The molecule has 9 aromatic rings. The number of carboxylic acids is 3. The number of nitrogens with one attached hydrogen (secondary N) is 1. The number of nitrogens with zero attached hydrogens (tertiary/aromatic N) is 3. The summed E-state index contributed by atoms with van der Waals surface area (Å²) >= 11 is 0. The molecule has 113 heavy (non-hydrogen) atoms. The van der Waals surface area contributed by atoms with E-state index >= 15 is 0 Å². The van der Waals surface area contributed by atoms with Gasteiger partial charge in [0, 0.05) is 78.1 Å². The minimum Gasteiger partial charge on any atom is -0.744 e. The third-order valence-corrected chi connectivity index (χ3v) is 21.9. The van der Waals surface area contributed by atoms with Crippen LogP contribution in [0.5, 0.6) is 5.75 Å². The number of amides is 1. The van der Waals surface area contributed by atoms with E-state index in [9.17, 15) is 55.0 Å². The van der Waals surface area contributed by atoms with Crippen LogP contribution in [0.1, 0.15) is 143 Å². The Balaban J connectivity index is 0.000000261. The Kier molecular flexibility index (Phi) is 30.8. The van der Waals surface area contributed by atoms with Crippen LogP contribution in [0.15, 0.2) is 227 Å². The molecule has 0 aromatic heterocycles. The summed E-state index contributed by atoms with van der Waals surface area (Å²) in [5, 5.41) is 37.7. The molecule has 0 fully saturated rings. The molecule has 3 heterocycles. The summed E-state index contributed by atoms with van der Waals surface area (Å²) in [5.41, 5.74) is 13.1. The molecule has 576 valence electrons. The minimum absolute atomic E-state index is 0. The number of aliphatic carboxylic acids is 1. The zero-order chi connectivity index (χ0) is 81.1. The van der Waals surface area contributed by atoms with Crippen molar-refractivity contribution in [2.24, 2.45) is 0 Å². The van der Waals surface area contributed by atoms with E-state index in [1.165, 1.54) is 47.0 Å². The average molecular weight is 1600 g/mol. The Morgan fingerprint density at radius 3 is 1.73 bits per heavy atom. The van der Waals surface area contributed by atoms with Crippen LogP contribution < -0.4 is 79.2 Å². The van der Waals surface area contributed by atoms with Crippen LogP contribution in [0.3, 0.4) is 0 Å². The zero-order valence-corrected chi connectivity index (χ0v) is 71.3. The second-order valence-electron chi connectivity index (χ2n) is 28.0. The monoisotopic (exact) mass is 1600 g/mol. The molecule has 12 rings (SSSR count). The Morgan fingerprint density at radius 1 is 0.628 bits per heavy atom. The molecule has 0 atom stereocenters. The first-order valence-electron chi connectivity index (χ1n) is 35.6. The molecule has 0 bridgehead atoms. The van der Waals surface area contributed by atoms with Crippen LogP contribution in [-0.2, 0) is 67.9 Å². The Labute approximate surface area is 703 Å². The van der Waals surface area contributed by atoms with Crippen molar-refractivity contribution >= 4 is 134 Å². The van der Waals surface area contributed by atoms with Crippen molar-refractivity contribution in [1.82, 2.24) is 0 Å². The van der Waals surface area contributed by atoms with Gasteiger partial charge in [0.25, 0.3) is 16.6 Å². The molecular formula is C86H85N4Na2O18S3+. The third kappa shape index (κ3) is 21.4. The van der Waals surface area contributed by atoms with Gasteiger partial charge in [-0.1, -0.05) is 110 Å². The van der Waals surface area contributed by atoms with Gasteiger partial charge in [-0.15, -0.1) is 23.4 Å². The number of ether oxygens (including phenoxy) is 1. The van der Waals surface area contributed by atoms with E-state index in [0.29, 0.717) is 49.1 Å². The van der Waals surface area contributed by atoms with Gasteiger partial charge < -0.3 is 39.6 Å². The van der Waals surface area contributed by atoms with Gasteiger partial charge in [0.15, 0.2) is 11.4 Å². The summed E-state index contributed by atoms with van der Waals surface area (Å²) in [7, 11) is -12.0. The molecule has 0 saturated heterocycles. The van der Waals surface area contributed by atoms with Gasteiger partial charge in [-0.05, 0) is 196 Å². The fourth-order valence-corrected chi connectivity index (χ4v) is 15.5. The van der Waals surface area contributed by atoms with Crippen molar-refractivity contribution < 1.29 is 151 Å². The molecule has 27 heteroatoms. The maximum absolute atomic E-state index is 13.3. The number of carboxylic acid groups (broad SMARTS) is 3. The number of anilines is 2. The number of likely N-dealkylation sites (N-methyl/N-ethyl adjacent to an activating group) is 1. The molecule has 9 aromatic carbocycles. The van der Waals surface area contributed by atoms with Crippen molar-refractivity contribution in [1.29, 1.82) is 0 Å². The number of hydrogen-bond donors (Lipinski definition) is 4. The number of carbonyl (C=O) groups is 5. The van der Waals surface area contributed by atoms with Crippen LogP contribution in [0.2, 0.25) is 0 Å². The van der Waals surface area contributed by atoms with E-state index in [-0.39, 0.29) is 110 Å². The summed E-state index contributed by atoms with van der Waals surface area (Å²) in [6, 6.07) is 50.4. The van der Waals surface area contributed by atoms with Crippen LogP contribution in [0.4, 0.5) is 22.7 Å². The van der Waals surface area contributed by atoms with E-state index in [1.807, 2.05) is 42.5 Å². The fourth-order valence-electron chi connectivity index (χ4n) is 14.5. The Bertz CT molecular complexity index is 5770. The van der Waals surface area contributed by atoms with Crippen molar-refractivity contribution in [3.05, 3.63) is 262 Å². The maximum Gasteiger partial charge on any atom is 1.00 e. The van der Waals surface area contributed by atoms with Crippen molar-refractivity contribution in [2.75, 3.05) is 29.9 Å².